The predicted octanol–water partition coefficient (Wildman–Crippen LogP) is 4.20. The normalized spacial score (nSPS) is 12.4. The lowest BCUT2D eigenvalue weighted by Crippen LogP contribution is -2.43. The Bertz CT molecular complexity index is 572. The van der Waals surface area contributed by atoms with E-state index in [1.807, 2.05) is 18.2 Å². The molecule has 1 rings (SSSR count). The molecule has 1 amide bonds. The van der Waals surface area contributed by atoms with Crippen LogP contribution in [0.2, 0.25) is 25.7 Å². The Hall–Kier alpha value is -0.613. The highest BCUT2D eigenvalue weighted by molar-refractivity contribution is 14.1. The van der Waals surface area contributed by atoms with Crippen molar-refractivity contribution >= 4 is 58.7 Å². The molecule has 0 aliphatic heterocycles. The number of hydrogen-bond acceptors (Lipinski definition) is 4. The Kier molecular flexibility index (Phi) is 8.72. The molecule has 5 nitrogen and oxygen atoms in total. The van der Waals surface area contributed by atoms with Crippen LogP contribution in [0.1, 0.15) is 5.56 Å². The molecule has 24 heavy (non-hydrogen) atoms. The summed E-state index contributed by atoms with van der Waals surface area (Å²) in [5.41, 5.74) is 0.923. The van der Waals surface area contributed by atoms with Crippen LogP contribution in [0.3, 0.4) is 0 Å². The molecule has 0 radical (unpaired) electrons. The third-order valence-corrected chi connectivity index (χ3v) is 6.01. The molecule has 0 bridgehead atoms. The number of amides is 1. The van der Waals surface area contributed by atoms with Crippen molar-refractivity contribution in [3.63, 3.8) is 0 Å². The van der Waals surface area contributed by atoms with Crippen molar-refractivity contribution in [3.05, 3.63) is 31.8 Å². The molecule has 0 aliphatic rings. The molecule has 0 fully saturated rings. The van der Waals surface area contributed by atoms with Crippen LogP contribution < -0.4 is 5.32 Å². The van der Waals surface area contributed by atoms with E-state index in [9.17, 15) is 9.59 Å². The van der Waals surface area contributed by atoms with E-state index in [-0.39, 0.29) is 0 Å². The number of methoxy groups -OCH3 is 1. The largest absolute Gasteiger partial charge is 0.467 e. The summed E-state index contributed by atoms with van der Waals surface area (Å²) in [4.78, 5) is 23.9. The van der Waals surface area contributed by atoms with Gasteiger partial charge >= 0.3 is 12.1 Å². The second kappa shape index (κ2) is 9.76. The van der Waals surface area contributed by atoms with Crippen molar-refractivity contribution in [2.75, 3.05) is 13.7 Å². The molecule has 0 unspecified atom stereocenters. The van der Waals surface area contributed by atoms with Crippen molar-refractivity contribution in [1.82, 2.24) is 5.32 Å². The van der Waals surface area contributed by atoms with Crippen LogP contribution in [-0.4, -0.2) is 39.9 Å². The van der Waals surface area contributed by atoms with E-state index in [2.05, 4.69) is 63.5 Å². The molecule has 1 aromatic rings. The quantitative estimate of drug-likeness (QED) is 0.328. The van der Waals surface area contributed by atoms with Gasteiger partial charge in [0.1, 0.15) is 6.04 Å². The monoisotopic (exact) mass is 527 g/mol. The minimum absolute atomic E-state index is 0.339. The van der Waals surface area contributed by atoms with E-state index in [0.29, 0.717) is 13.0 Å². The van der Waals surface area contributed by atoms with Crippen LogP contribution in [0.25, 0.3) is 0 Å². The van der Waals surface area contributed by atoms with E-state index in [1.165, 1.54) is 7.11 Å². The highest BCUT2D eigenvalue weighted by Crippen LogP contribution is 2.19. The summed E-state index contributed by atoms with van der Waals surface area (Å²) >= 11 is 5.63. The fraction of sp³-hybridized carbons (Fsp3) is 0.500. The van der Waals surface area contributed by atoms with Gasteiger partial charge in [-0.1, -0.05) is 35.6 Å². The second-order valence-electron chi connectivity index (χ2n) is 6.65. The maximum Gasteiger partial charge on any atom is 0.407 e. The number of esters is 1. The zero-order valence-electron chi connectivity index (χ0n) is 14.3. The zero-order valence-corrected chi connectivity index (χ0v) is 19.1. The first kappa shape index (κ1) is 21.4. The van der Waals surface area contributed by atoms with Gasteiger partial charge in [-0.3, -0.25) is 0 Å². The molecule has 0 aliphatic carbocycles. The van der Waals surface area contributed by atoms with Gasteiger partial charge in [-0.05, 0) is 52.4 Å². The zero-order chi connectivity index (χ0) is 18.3. The molecular weight excluding hydrogens is 505 g/mol. The molecule has 134 valence electrons. The SMILES string of the molecule is COC(=O)[C@H](Cc1cc(Br)cc(I)c1)NC(=O)OCC[Si](C)(C)C. The maximum atomic E-state index is 12.0. The van der Waals surface area contributed by atoms with E-state index < -0.39 is 26.2 Å². The lowest BCUT2D eigenvalue weighted by Gasteiger charge is -2.18. The minimum atomic E-state index is -1.27. The lowest BCUT2D eigenvalue weighted by molar-refractivity contribution is -0.142. The molecule has 0 saturated carbocycles. The lowest BCUT2D eigenvalue weighted by atomic mass is 10.1. The van der Waals surface area contributed by atoms with E-state index in [4.69, 9.17) is 9.47 Å². The molecular formula is C16H23BrINO4Si. The Balaban J connectivity index is 2.68. The third kappa shape index (κ3) is 8.47. The first-order chi connectivity index (χ1) is 11.1. The second-order valence-corrected chi connectivity index (χ2v) is 14.4. The van der Waals surface area contributed by atoms with Crippen LogP contribution >= 0.6 is 38.5 Å². The summed E-state index contributed by atoms with van der Waals surface area (Å²) in [6, 6.07) is 5.94. The summed E-state index contributed by atoms with van der Waals surface area (Å²) in [6.07, 6.45) is -0.251. The number of hydrogen-bond donors (Lipinski definition) is 1. The summed E-state index contributed by atoms with van der Waals surface area (Å²) in [7, 11) is 0.0348. The van der Waals surface area contributed by atoms with Gasteiger partial charge in [0.25, 0.3) is 0 Å². The third-order valence-electron chi connectivity index (χ3n) is 3.23. The highest BCUT2D eigenvalue weighted by Gasteiger charge is 2.23. The van der Waals surface area contributed by atoms with E-state index in [1.54, 1.807) is 0 Å². The van der Waals surface area contributed by atoms with Crippen molar-refractivity contribution in [2.24, 2.45) is 0 Å². The molecule has 0 heterocycles. The van der Waals surface area contributed by atoms with Gasteiger partial charge in [-0.25, -0.2) is 9.59 Å². The van der Waals surface area contributed by atoms with Crippen molar-refractivity contribution < 1.29 is 19.1 Å². The van der Waals surface area contributed by atoms with Crippen molar-refractivity contribution in [2.45, 2.75) is 38.1 Å². The first-order valence-electron chi connectivity index (χ1n) is 7.57. The number of carbonyl (C=O) groups excluding carboxylic acids is 2. The average Bonchev–Trinajstić information content (AvgIpc) is 2.43. The maximum absolute atomic E-state index is 12.0. The van der Waals surface area contributed by atoms with Gasteiger partial charge in [0.05, 0.1) is 13.7 Å². The van der Waals surface area contributed by atoms with Crippen LogP contribution in [0.5, 0.6) is 0 Å². The summed E-state index contributed by atoms with van der Waals surface area (Å²) in [5.74, 6) is -0.493. The summed E-state index contributed by atoms with van der Waals surface area (Å²) < 4.78 is 11.9. The predicted molar refractivity (Wildman–Crippen MR) is 109 cm³/mol. The van der Waals surface area contributed by atoms with Gasteiger partial charge < -0.3 is 14.8 Å². The molecule has 8 heteroatoms. The number of alkyl carbamates (subject to hydrolysis) is 1. The van der Waals surface area contributed by atoms with Gasteiger partial charge in [-0.15, -0.1) is 0 Å². The van der Waals surface area contributed by atoms with E-state index in [0.717, 1.165) is 19.7 Å². The number of benzene rings is 1. The van der Waals surface area contributed by atoms with Crippen molar-refractivity contribution in [1.29, 1.82) is 0 Å². The standard InChI is InChI=1S/C16H23BrINO4Si/c1-22-15(20)14(9-11-7-12(17)10-13(18)8-11)19-16(21)23-5-6-24(2,3)4/h7-8,10,14H,5-6,9H2,1-4H3,(H,19,21)/t14-/m0/s1. The first-order valence-corrected chi connectivity index (χ1v) is 13.1. The molecule has 0 saturated heterocycles. The fourth-order valence-corrected chi connectivity index (χ4v) is 4.35. The van der Waals surface area contributed by atoms with Crippen LogP contribution in [-0.2, 0) is 20.7 Å². The number of nitrogens with one attached hydrogen (secondary N) is 1. The number of halogens is 2. The van der Waals surface area contributed by atoms with Crippen LogP contribution in [0.4, 0.5) is 4.79 Å². The molecule has 1 atom stereocenters. The highest BCUT2D eigenvalue weighted by atomic mass is 127. The van der Waals surface area contributed by atoms with Crippen LogP contribution in [0.15, 0.2) is 22.7 Å². The smallest absolute Gasteiger partial charge is 0.407 e. The molecule has 1 aromatic carbocycles. The molecule has 1 N–H and O–H groups in total. The summed E-state index contributed by atoms with van der Waals surface area (Å²) in [6.45, 7) is 6.99. The van der Waals surface area contributed by atoms with Crippen LogP contribution in [0, 0.1) is 3.57 Å². The Morgan fingerprint density at radius 3 is 2.50 bits per heavy atom. The van der Waals surface area contributed by atoms with Gasteiger partial charge in [0.2, 0.25) is 0 Å². The summed E-state index contributed by atoms with van der Waals surface area (Å²) in [5, 5.41) is 2.60. The number of ether oxygens (including phenoxy) is 2. The van der Waals surface area contributed by atoms with Crippen molar-refractivity contribution in [3.8, 4) is 0 Å². The van der Waals surface area contributed by atoms with Gasteiger partial charge in [-0.2, -0.15) is 0 Å². The molecule has 0 aromatic heterocycles. The Morgan fingerprint density at radius 2 is 1.96 bits per heavy atom. The van der Waals surface area contributed by atoms with Gasteiger partial charge in [0.15, 0.2) is 0 Å². The minimum Gasteiger partial charge on any atom is -0.467 e. The Labute approximate surface area is 166 Å². The molecule has 0 spiro atoms. The topological polar surface area (TPSA) is 64.6 Å². The Morgan fingerprint density at radius 1 is 1.29 bits per heavy atom. The number of rotatable bonds is 7. The number of carbonyl (C=O) groups is 2. The average molecular weight is 528 g/mol. The van der Waals surface area contributed by atoms with E-state index >= 15 is 0 Å². The van der Waals surface area contributed by atoms with Gasteiger partial charge in [0, 0.05) is 22.5 Å². The fourth-order valence-electron chi connectivity index (χ4n) is 1.93.